The van der Waals surface area contributed by atoms with Crippen molar-refractivity contribution in [2.45, 2.75) is 52.2 Å². The quantitative estimate of drug-likeness (QED) is 0.197. The SMILES string of the molecule is CCO[P+](=O)Cc1ccc(OCc2ccccc2)c(Cl)c1CCCO[Si](C)(C)C. The molecular formula is C22H31ClO4PSi+. The molecule has 0 aliphatic carbocycles. The molecule has 0 saturated heterocycles. The van der Waals surface area contributed by atoms with Crippen molar-refractivity contribution in [2.75, 3.05) is 13.2 Å². The first kappa shape index (κ1) is 24.0. The van der Waals surface area contributed by atoms with E-state index in [1.807, 2.05) is 49.4 Å². The third-order valence-electron chi connectivity index (χ3n) is 4.22. The number of hydrogen-bond acceptors (Lipinski definition) is 4. The fourth-order valence-electron chi connectivity index (χ4n) is 2.86. The first-order chi connectivity index (χ1) is 13.8. The summed E-state index contributed by atoms with van der Waals surface area (Å²) in [6, 6.07) is 13.8. The summed E-state index contributed by atoms with van der Waals surface area (Å²) in [6.07, 6.45) is 1.95. The topological polar surface area (TPSA) is 44.8 Å². The molecule has 2 aromatic rings. The average Bonchev–Trinajstić information content (AvgIpc) is 2.66. The van der Waals surface area contributed by atoms with Gasteiger partial charge in [-0.1, -0.05) is 48.0 Å². The Kier molecular flexibility index (Phi) is 9.80. The Bertz CT molecular complexity index is 793. The molecule has 0 aliphatic rings. The molecule has 0 radical (unpaired) electrons. The van der Waals surface area contributed by atoms with Crippen LogP contribution in [0.15, 0.2) is 42.5 Å². The van der Waals surface area contributed by atoms with Gasteiger partial charge in [0.2, 0.25) is 6.16 Å². The van der Waals surface area contributed by atoms with Gasteiger partial charge in [0.15, 0.2) is 8.32 Å². The second-order valence-corrected chi connectivity index (χ2v) is 13.9. The molecule has 0 amide bonds. The molecule has 0 N–H and O–H groups in total. The Balaban J connectivity index is 2.15. The Labute approximate surface area is 181 Å². The van der Waals surface area contributed by atoms with Gasteiger partial charge in [0.1, 0.15) is 12.4 Å². The summed E-state index contributed by atoms with van der Waals surface area (Å²) in [5.41, 5.74) is 3.00. The standard InChI is InChI=1S/C22H31ClO4PSi/c1-5-26-28(24)17-19-13-14-21(25-16-18-10-7-6-8-11-18)22(23)20(19)12-9-15-27-29(2,3)4/h6-8,10-11,13-14H,5,9,12,15-17H2,1-4H3/q+1. The van der Waals surface area contributed by atoms with Gasteiger partial charge in [-0.15, -0.1) is 4.52 Å². The van der Waals surface area contributed by atoms with Crippen molar-refractivity contribution in [2.24, 2.45) is 0 Å². The van der Waals surface area contributed by atoms with Gasteiger partial charge < -0.3 is 9.16 Å². The average molecular weight is 454 g/mol. The van der Waals surface area contributed by atoms with Crippen LogP contribution in [-0.2, 0) is 32.7 Å². The fourth-order valence-corrected chi connectivity index (χ4v) is 4.90. The van der Waals surface area contributed by atoms with Gasteiger partial charge in [0.05, 0.1) is 11.6 Å². The maximum atomic E-state index is 12.2. The van der Waals surface area contributed by atoms with E-state index in [0.29, 0.717) is 36.8 Å². The lowest BCUT2D eigenvalue weighted by molar-refractivity contribution is 0.302. The van der Waals surface area contributed by atoms with E-state index in [1.165, 1.54) is 0 Å². The van der Waals surface area contributed by atoms with Crippen LogP contribution in [0.3, 0.4) is 0 Å². The zero-order valence-electron chi connectivity index (χ0n) is 17.7. The number of ether oxygens (including phenoxy) is 1. The van der Waals surface area contributed by atoms with Crippen molar-refractivity contribution in [1.29, 1.82) is 0 Å². The van der Waals surface area contributed by atoms with Crippen molar-refractivity contribution in [1.82, 2.24) is 0 Å². The summed E-state index contributed by atoms with van der Waals surface area (Å²) in [6.45, 7) is 9.95. The molecule has 0 bridgehead atoms. The zero-order chi connectivity index (χ0) is 21.3. The van der Waals surface area contributed by atoms with E-state index in [0.717, 1.165) is 29.5 Å². The summed E-state index contributed by atoms with van der Waals surface area (Å²) in [5, 5.41) is 0.589. The Morgan fingerprint density at radius 2 is 1.79 bits per heavy atom. The largest absolute Gasteiger partial charge is 0.512 e. The van der Waals surface area contributed by atoms with E-state index < -0.39 is 16.3 Å². The predicted octanol–water partition coefficient (Wildman–Crippen LogP) is 6.98. The van der Waals surface area contributed by atoms with E-state index in [1.54, 1.807) is 0 Å². The number of rotatable bonds is 12. The molecular weight excluding hydrogens is 423 g/mol. The van der Waals surface area contributed by atoms with Gasteiger partial charge >= 0.3 is 8.03 Å². The number of benzene rings is 2. The molecule has 0 heterocycles. The number of hydrogen-bond donors (Lipinski definition) is 0. The Morgan fingerprint density at radius 3 is 2.45 bits per heavy atom. The first-order valence-corrected chi connectivity index (χ1v) is 15.1. The summed E-state index contributed by atoms with van der Waals surface area (Å²) in [4.78, 5) is 0. The summed E-state index contributed by atoms with van der Waals surface area (Å²) >= 11 is 6.72. The highest BCUT2D eigenvalue weighted by molar-refractivity contribution is 7.38. The van der Waals surface area contributed by atoms with Gasteiger partial charge in [-0.3, -0.25) is 0 Å². The van der Waals surface area contributed by atoms with Crippen molar-refractivity contribution >= 4 is 27.9 Å². The smallest absolute Gasteiger partial charge is 0.487 e. The highest BCUT2D eigenvalue weighted by Gasteiger charge is 2.23. The predicted molar refractivity (Wildman–Crippen MR) is 123 cm³/mol. The van der Waals surface area contributed by atoms with Crippen LogP contribution in [0, 0.1) is 0 Å². The van der Waals surface area contributed by atoms with E-state index in [-0.39, 0.29) is 0 Å². The van der Waals surface area contributed by atoms with Crippen LogP contribution in [-0.4, -0.2) is 21.5 Å². The Morgan fingerprint density at radius 1 is 1.07 bits per heavy atom. The molecule has 0 fully saturated rings. The molecule has 0 spiro atoms. The molecule has 7 heteroatoms. The highest BCUT2D eigenvalue weighted by Crippen LogP contribution is 2.37. The first-order valence-electron chi connectivity index (χ1n) is 9.98. The second kappa shape index (κ2) is 11.8. The van der Waals surface area contributed by atoms with E-state index >= 15 is 0 Å². The van der Waals surface area contributed by atoms with Crippen molar-refractivity contribution < 1.29 is 18.3 Å². The van der Waals surface area contributed by atoms with Crippen LogP contribution in [0.25, 0.3) is 0 Å². The van der Waals surface area contributed by atoms with Crippen molar-refractivity contribution in [3.05, 3.63) is 64.2 Å². The summed E-state index contributed by atoms with van der Waals surface area (Å²) < 4.78 is 29.4. The molecule has 2 aromatic carbocycles. The maximum absolute atomic E-state index is 12.2. The van der Waals surface area contributed by atoms with Crippen LogP contribution >= 0.6 is 19.6 Å². The monoisotopic (exact) mass is 453 g/mol. The lowest BCUT2D eigenvalue weighted by Gasteiger charge is -2.18. The Hall–Kier alpha value is -1.23. The van der Waals surface area contributed by atoms with Crippen LogP contribution in [0.1, 0.15) is 30.0 Å². The molecule has 0 saturated carbocycles. The molecule has 2 rings (SSSR count). The molecule has 158 valence electrons. The van der Waals surface area contributed by atoms with Crippen LogP contribution in [0.4, 0.5) is 0 Å². The molecule has 4 nitrogen and oxygen atoms in total. The molecule has 29 heavy (non-hydrogen) atoms. The van der Waals surface area contributed by atoms with E-state index in [4.69, 9.17) is 25.3 Å². The van der Waals surface area contributed by atoms with Crippen molar-refractivity contribution in [3.63, 3.8) is 0 Å². The van der Waals surface area contributed by atoms with Gasteiger partial charge in [-0.25, -0.2) is 0 Å². The lowest BCUT2D eigenvalue weighted by atomic mass is 10.0. The minimum atomic E-state index is -1.75. The van der Waals surface area contributed by atoms with E-state index in [9.17, 15) is 4.57 Å². The molecule has 0 aliphatic heterocycles. The number of halogens is 1. The van der Waals surface area contributed by atoms with Crippen LogP contribution in [0.5, 0.6) is 5.75 Å². The molecule has 0 aromatic heterocycles. The zero-order valence-corrected chi connectivity index (χ0v) is 20.4. The van der Waals surface area contributed by atoms with Gasteiger partial charge in [-0.05, 0) is 61.2 Å². The summed E-state index contributed by atoms with van der Waals surface area (Å²) in [5.74, 6) is 0.645. The van der Waals surface area contributed by atoms with Crippen LogP contribution < -0.4 is 4.74 Å². The second-order valence-electron chi connectivity index (χ2n) is 7.76. The minimum Gasteiger partial charge on any atom is -0.487 e. The van der Waals surface area contributed by atoms with E-state index in [2.05, 4.69) is 19.6 Å². The fraction of sp³-hybridized carbons (Fsp3) is 0.455. The lowest BCUT2D eigenvalue weighted by Crippen LogP contribution is -2.25. The normalized spacial score (nSPS) is 12.1. The van der Waals surface area contributed by atoms with Gasteiger partial charge in [0, 0.05) is 12.2 Å². The molecule has 1 unspecified atom stereocenters. The van der Waals surface area contributed by atoms with Crippen LogP contribution in [0.2, 0.25) is 24.7 Å². The third-order valence-corrected chi connectivity index (χ3v) is 6.85. The summed E-state index contributed by atoms with van der Waals surface area (Å²) in [7, 11) is -3.30. The van der Waals surface area contributed by atoms with Gasteiger partial charge in [0.25, 0.3) is 0 Å². The minimum absolute atomic E-state index is 0.353. The van der Waals surface area contributed by atoms with Gasteiger partial charge in [-0.2, -0.15) is 0 Å². The highest BCUT2D eigenvalue weighted by atomic mass is 35.5. The van der Waals surface area contributed by atoms with Crippen molar-refractivity contribution in [3.8, 4) is 5.75 Å². The maximum Gasteiger partial charge on any atom is 0.512 e. The third kappa shape index (κ3) is 8.57. The molecule has 1 atom stereocenters.